The van der Waals surface area contributed by atoms with Gasteiger partial charge >= 0.3 is 0 Å². The van der Waals surface area contributed by atoms with Crippen molar-refractivity contribution < 1.29 is 28.6 Å². The number of hydrogen-bond donors (Lipinski definition) is 3. The summed E-state index contributed by atoms with van der Waals surface area (Å²) in [5.41, 5.74) is 5.73. The summed E-state index contributed by atoms with van der Waals surface area (Å²) in [5, 5.41) is 14.7. The molecule has 3 aromatic carbocycles. The molecule has 13 heteroatoms. The molecule has 1 aromatic heterocycles. The van der Waals surface area contributed by atoms with Gasteiger partial charge in [0.1, 0.15) is 6.10 Å². The molecule has 2 amide bonds. The van der Waals surface area contributed by atoms with Gasteiger partial charge in [-0.3, -0.25) is 9.59 Å². The lowest BCUT2D eigenvalue weighted by Gasteiger charge is -2.21. The number of rotatable bonds is 9. The molecule has 1 aliphatic carbocycles. The van der Waals surface area contributed by atoms with Gasteiger partial charge in [0.2, 0.25) is 5.82 Å². The Morgan fingerprint density at radius 2 is 1.85 bits per heavy atom. The highest BCUT2D eigenvalue weighted by molar-refractivity contribution is 6.36. The molecule has 0 radical (unpaired) electrons. The van der Waals surface area contributed by atoms with Gasteiger partial charge in [0.05, 0.1) is 40.7 Å². The molecular formula is C34H34Cl2FN5O5. The molecular weight excluding hydrogens is 648 g/mol. The number of likely N-dealkylation sites (N-methyl/N-ethyl adjacent to an activating group) is 1. The van der Waals surface area contributed by atoms with Crippen molar-refractivity contribution in [3.05, 3.63) is 92.2 Å². The van der Waals surface area contributed by atoms with Crippen molar-refractivity contribution in [2.45, 2.75) is 31.9 Å². The van der Waals surface area contributed by atoms with E-state index in [1.807, 2.05) is 49.0 Å². The first-order chi connectivity index (χ1) is 22.6. The smallest absolute Gasteiger partial charge is 0.291 e. The number of carbonyl (C=O) groups is 2. The van der Waals surface area contributed by atoms with Crippen LogP contribution in [0.2, 0.25) is 10.0 Å². The van der Waals surface area contributed by atoms with Crippen molar-refractivity contribution in [2.24, 2.45) is 7.05 Å². The molecule has 0 saturated heterocycles. The molecule has 2 heterocycles. The Kier molecular flexibility index (Phi) is 9.43. The number of aliphatic hydroxyl groups is 1. The maximum absolute atomic E-state index is 15.7. The predicted octanol–water partition coefficient (Wildman–Crippen LogP) is 5.57. The van der Waals surface area contributed by atoms with Crippen molar-refractivity contribution in [3.63, 3.8) is 0 Å². The minimum Gasteiger partial charge on any atom is -0.493 e. The standard InChI is InChI=1S/C34H34Cl2FN5O5/c1-41-14-12-26-25(17-41)39-32(42(26)2)34(45)40-24-9-5-8-21(28(24)36)18-6-4-7-20-19(18)10-11-27(20)47-31-23(35)16-22(30(46-3)29(31)37)33(44)38-13-15-43/h4-9,16,27,43H,10-15,17H2,1-3H3,(H,38,44)(H,40,45). The number of anilines is 1. The molecule has 6 rings (SSSR count). The quantitative estimate of drug-likeness (QED) is 0.211. The maximum atomic E-state index is 15.7. The number of amides is 2. The number of ether oxygens (including phenoxy) is 2. The molecule has 246 valence electrons. The van der Waals surface area contributed by atoms with Crippen LogP contribution in [0, 0.1) is 5.82 Å². The lowest BCUT2D eigenvalue weighted by Crippen LogP contribution is -2.27. The third-order valence-corrected chi connectivity index (χ3v) is 9.33. The SMILES string of the molecule is COc1c(C(=O)NCCO)cc(Cl)c(OC2CCc3c(-c4cccc(NC(=O)c5nc6c(n5C)CCN(C)C6)c4Cl)cccc32)c1F. The predicted molar refractivity (Wildman–Crippen MR) is 177 cm³/mol. The van der Waals surface area contributed by atoms with E-state index in [9.17, 15) is 9.59 Å². The van der Waals surface area contributed by atoms with Crippen LogP contribution < -0.4 is 20.1 Å². The number of methoxy groups -OCH3 is 1. The van der Waals surface area contributed by atoms with Gasteiger partial charge in [-0.15, -0.1) is 0 Å². The van der Waals surface area contributed by atoms with Gasteiger partial charge in [-0.25, -0.2) is 4.98 Å². The van der Waals surface area contributed by atoms with Crippen LogP contribution in [0.3, 0.4) is 0 Å². The van der Waals surface area contributed by atoms with Gasteiger partial charge in [-0.05, 0) is 48.7 Å². The van der Waals surface area contributed by atoms with Gasteiger partial charge in [-0.2, -0.15) is 4.39 Å². The van der Waals surface area contributed by atoms with Gasteiger partial charge < -0.3 is 34.7 Å². The third kappa shape index (κ3) is 6.16. The van der Waals surface area contributed by atoms with Crippen molar-refractivity contribution in [1.82, 2.24) is 19.8 Å². The van der Waals surface area contributed by atoms with Crippen LogP contribution in [0.25, 0.3) is 11.1 Å². The average molecular weight is 683 g/mol. The molecule has 47 heavy (non-hydrogen) atoms. The number of fused-ring (bicyclic) bond motifs is 2. The molecule has 1 atom stereocenters. The monoisotopic (exact) mass is 681 g/mol. The fourth-order valence-electron chi connectivity index (χ4n) is 6.33. The fraction of sp³-hybridized carbons (Fsp3) is 0.324. The summed E-state index contributed by atoms with van der Waals surface area (Å²) >= 11 is 13.4. The molecule has 0 fully saturated rings. The number of nitrogens with one attached hydrogen (secondary N) is 2. The first-order valence-corrected chi connectivity index (χ1v) is 15.9. The fourth-order valence-corrected chi connectivity index (χ4v) is 6.85. The average Bonchev–Trinajstić information content (AvgIpc) is 3.62. The number of carbonyl (C=O) groups excluding carboxylic acids is 2. The second-order valence-electron chi connectivity index (χ2n) is 11.6. The number of imidazole rings is 1. The number of benzene rings is 3. The van der Waals surface area contributed by atoms with E-state index in [4.69, 9.17) is 37.8 Å². The van der Waals surface area contributed by atoms with Crippen LogP contribution in [0.4, 0.5) is 10.1 Å². The van der Waals surface area contributed by atoms with E-state index < -0.39 is 17.8 Å². The molecule has 0 bridgehead atoms. The highest BCUT2D eigenvalue weighted by Crippen LogP contribution is 2.46. The van der Waals surface area contributed by atoms with Crippen LogP contribution in [0.5, 0.6) is 11.5 Å². The highest BCUT2D eigenvalue weighted by atomic mass is 35.5. The topological polar surface area (TPSA) is 118 Å². The zero-order valence-corrected chi connectivity index (χ0v) is 27.6. The molecule has 0 spiro atoms. The highest BCUT2D eigenvalue weighted by Gasteiger charge is 2.31. The number of hydrogen-bond acceptors (Lipinski definition) is 7. The summed E-state index contributed by atoms with van der Waals surface area (Å²) < 4.78 is 28.9. The Hall–Kier alpha value is -4.16. The van der Waals surface area contributed by atoms with E-state index in [-0.39, 0.29) is 41.1 Å². The van der Waals surface area contributed by atoms with E-state index >= 15 is 4.39 Å². The van der Waals surface area contributed by atoms with Crippen LogP contribution in [0.1, 0.15) is 56.0 Å². The molecule has 3 N–H and O–H groups in total. The van der Waals surface area contributed by atoms with Gasteiger partial charge in [0.15, 0.2) is 17.3 Å². The molecule has 0 saturated carbocycles. The summed E-state index contributed by atoms with van der Waals surface area (Å²) in [6.45, 7) is 1.31. The summed E-state index contributed by atoms with van der Waals surface area (Å²) in [7, 11) is 5.14. The van der Waals surface area contributed by atoms with Crippen LogP contribution >= 0.6 is 23.2 Å². The first kappa shape index (κ1) is 32.8. The van der Waals surface area contributed by atoms with Crippen LogP contribution in [0.15, 0.2) is 42.5 Å². The Balaban J connectivity index is 1.26. The van der Waals surface area contributed by atoms with Crippen molar-refractivity contribution >= 4 is 40.7 Å². The van der Waals surface area contributed by atoms with E-state index in [1.165, 1.54) is 13.2 Å². The number of aromatic nitrogens is 2. The Labute approximate surface area is 281 Å². The molecule has 1 unspecified atom stereocenters. The van der Waals surface area contributed by atoms with Crippen molar-refractivity contribution in [1.29, 1.82) is 0 Å². The summed E-state index contributed by atoms with van der Waals surface area (Å²) in [6, 6.07) is 12.5. The molecule has 10 nitrogen and oxygen atoms in total. The first-order valence-electron chi connectivity index (χ1n) is 15.2. The van der Waals surface area contributed by atoms with Crippen molar-refractivity contribution in [2.75, 3.05) is 39.2 Å². The zero-order valence-electron chi connectivity index (χ0n) is 26.1. The van der Waals surface area contributed by atoms with Gasteiger partial charge in [-0.1, -0.05) is 53.5 Å². The number of halogens is 3. The van der Waals surface area contributed by atoms with Gasteiger partial charge in [0, 0.05) is 44.4 Å². The van der Waals surface area contributed by atoms with Crippen LogP contribution in [-0.2, 0) is 26.4 Å². The Bertz CT molecular complexity index is 1880. The minimum absolute atomic E-state index is 0.0102. The number of nitrogens with zero attached hydrogens (tertiary/aromatic N) is 3. The summed E-state index contributed by atoms with van der Waals surface area (Å²) in [4.78, 5) is 32.7. The third-order valence-electron chi connectivity index (χ3n) is 8.64. The second kappa shape index (κ2) is 13.5. The van der Waals surface area contributed by atoms with E-state index in [0.717, 1.165) is 46.6 Å². The molecule has 4 aromatic rings. The van der Waals surface area contributed by atoms with E-state index in [0.29, 0.717) is 35.9 Å². The summed E-state index contributed by atoms with van der Waals surface area (Å²) in [6.07, 6.45) is 1.44. The van der Waals surface area contributed by atoms with Crippen molar-refractivity contribution in [3.8, 4) is 22.6 Å². The Morgan fingerprint density at radius 3 is 2.62 bits per heavy atom. The Morgan fingerprint density at radius 1 is 1.09 bits per heavy atom. The minimum atomic E-state index is -0.897. The maximum Gasteiger partial charge on any atom is 0.291 e. The zero-order chi connectivity index (χ0) is 33.4. The van der Waals surface area contributed by atoms with E-state index in [2.05, 4.69) is 20.5 Å². The molecule has 1 aliphatic heterocycles. The summed E-state index contributed by atoms with van der Waals surface area (Å²) in [5.74, 6) is -2.09. The lowest BCUT2D eigenvalue weighted by atomic mass is 9.96. The largest absolute Gasteiger partial charge is 0.493 e. The lowest BCUT2D eigenvalue weighted by molar-refractivity contribution is 0.0939. The van der Waals surface area contributed by atoms with Crippen LogP contribution in [-0.4, -0.2) is 65.2 Å². The molecule has 2 aliphatic rings. The number of aliphatic hydroxyl groups excluding tert-OH is 1. The normalized spacial score (nSPS) is 15.6. The van der Waals surface area contributed by atoms with E-state index in [1.54, 1.807) is 6.07 Å². The second-order valence-corrected chi connectivity index (χ2v) is 12.4. The van der Waals surface area contributed by atoms with Gasteiger partial charge in [0.25, 0.3) is 11.8 Å².